The molecule has 1 unspecified atom stereocenters. The molecule has 0 aromatic rings. The zero-order valence-electron chi connectivity index (χ0n) is 7.97. The number of nitrogens with two attached hydrogens (primary N) is 1. The van der Waals surface area contributed by atoms with E-state index in [-0.39, 0.29) is 12.5 Å². The molecule has 2 N–H and O–H groups in total. The van der Waals surface area contributed by atoms with Gasteiger partial charge in [0.1, 0.15) is 5.37 Å². The predicted octanol–water partition coefficient (Wildman–Crippen LogP) is -1.11. The van der Waals surface area contributed by atoms with Gasteiger partial charge in [-0.15, -0.1) is 0 Å². The summed E-state index contributed by atoms with van der Waals surface area (Å²) in [6.45, 7) is 0.342. The van der Waals surface area contributed by atoms with E-state index in [1.807, 2.05) is 0 Å². The Balaban J connectivity index is 2.85. The number of hydrogen-bond donors (Lipinski definition) is 1. The van der Waals surface area contributed by atoms with Crippen LogP contribution in [0, 0.1) is 0 Å². The minimum atomic E-state index is -3.20. The molecular formula is C7H14N2O3S2. The second kappa shape index (κ2) is 4.50. The smallest absolute Gasteiger partial charge is 0.237 e. The van der Waals surface area contributed by atoms with Crippen LogP contribution in [0.15, 0.2) is 0 Å². The van der Waals surface area contributed by atoms with Gasteiger partial charge in [-0.3, -0.25) is 4.79 Å². The molecule has 0 aromatic heterocycles. The van der Waals surface area contributed by atoms with Crippen molar-refractivity contribution >= 4 is 27.5 Å². The summed E-state index contributed by atoms with van der Waals surface area (Å²) in [5, 5.41) is -0.697. The number of hydrogen-bond acceptors (Lipinski definition) is 5. The number of rotatable bonds is 2. The van der Waals surface area contributed by atoms with Crippen LogP contribution in [-0.2, 0) is 14.6 Å². The second-order valence-corrected chi connectivity index (χ2v) is 6.50. The number of sulfone groups is 1. The Bertz CT molecular complexity index is 315. The highest BCUT2D eigenvalue weighted by molar-refractivity contribution is 8.00. The molecule has 1 saturated heterocycles. The lowest BCUT2D eigenvalue weighted by molar-refractivity contribution is -0.130. The Hall–Kier alpha value is -0.270. The summed E-state index contributed by atoms with van der Waals surface area (Å²) >= 11 is 1.55. The highest BCUT2D eigenvalue weighted by atomic mass is 32.2. The molecule has 14 heavy (non-hydrogen) atoms. The molecule has 5 nitrogen and oxygen atoms in total. The fourth-order valence-electron chi connectivity index (χ4n) is 1.34. The molecule has 1 heterocycles. The van der Waals surface area contributed by atoms with E-state index in [1.54, 1.807) is 11.8 Å². The summed E-state index contributed by atoms with van der Waals surface area (Å²) in [6.07, 6.45) is 1.15. The third-order valence-electron chi connectivity index (χ3n) is 2.07. The number of carbonyl (C=O) groups excluding carboxylic acids is 1. The third-order valence-corrected chi connectivity index (χ3v) is 4.72. The van der Waals surface area contributed by atoms with Gasteiger partial charge in [0.2, 0.25) is 5.91 Å². The fraction of sp³-hybridized carbons (Fsp3) is 0.857. The minimum absolute atomic E-state index is 0.128. The molecule has 1 aliphatic heterocycles. The van der Waals surface area contributed by atoms with E-state index in [0.717, 1.165) is 12.0 Å². The lowest BCUT2D eigenvalue weighted by atomic mass is 10.4. The van der Waals surface area contributed by atoms with Gasteiger partial charge in [-0.1, -0.05) is 0 Å². The molecule has 1 amide bonds. The van der Waals surface area contributed by atoms with Crippen LogP contribution in [0.5, 0.6) is 0 Å². The molecule has 1 fully saturated rings. The highest BCUT2D eigenvalue weighted by Crippen LogP contribution is 2.19. The van der Waals surface area contributed by atoms with E-state index in [1.165, 1.54) is 4.90 Å². The molecular weight excluding hydrogens is 224 g/mol. The molecule has 1 aliphatic rings. The van der Waals surface area contributed by atoms with E-state index in [4.69, 9.17) is 5.73 Å². The van der Waals surface area contributed by atoms with E-state index < -0.39 is 15.2 Å². The zero-order valence-corrected chi connectivity index (χ0v) is 9.60. The Morgan fingerprint density at radius 3 is 2.79 bits per heavy atom. The van der Waals surface area contributed by atoms with Gasteiger partial charge in [-0.25, -0.2) is 8.42 Å². The van der Waals surface area contributed by atoms with Crippen molar-refractivity contribution in [2.24, 2.45) is 5.73 Å². The Morgan fingerprint density at radius 2 is 2.29 bits per heavy atom. The van der Waals surface area contributed by atoms with E-state index in [9.17, 15) is 13.2 Å². The van der Waals surface area contributed by atoms with Crippen molar-refractivity contribution in [3.05, 3.63) is 0 Å². The van der Waals surface area contributed by atoms with Crippen molar-refractivity contribution in [1.29, 1.82) is 0 Å². The lowest BCUT2D eigenvalue weighted by Gasteiger charge is -2.33. The first-order chi connectivity index (χ1) is 6.46. The standard InChI is InChI=1S/C7H14N2O3S2/c1-14(11,12)7-5-13-3-2-9(7)6(10)4-8/h7H,2-5,8H2,1H3. The fourth-order valence-corrected chi connectivity index (χ4v) is 4.18. The maximum absolute atomic E-state index is 11.4. The van der Waals surface area contributed by atoms with E-state index in [2.05, 4.69) is 0 Å². The molecule has 0 saturated carbocycles. The van der Waals surface area contributed by atoms with Crippen LogP contribution in [0.25, 0.3) is 0 Å². The molecule has 1 rings (SSSR count). The Morgan fingerprint density at radius 1 is 1.64 bits per heavy atom. The van der Waals surface area contributed by atoms with Gasteiger partial charge in [0.25, 0.3) is 0 Å². The predicted molar refractivity (Wildman–Crippen MR) is 56.7 cm³/mol. The molecule has 0 aromatic carbocycles. The summed E-state index contributed by atoms with van der Waals surface area (Å²) in [6, 6.07) is 0. The van der Waals surface area contributed by atoms with Gasteiger partial charge in [-0.05, 0) is 0 Å². The van der Waals surface area contributed by atoms with Crippen LogP contribution in [0.3, 0.4) is 0 Å². The number of thioether (sulfide) groups is 1. The molecule has 7 heteroatoms. The highest BCUT2D eigenvalue weighted by Gasteiger charge is 2.33. The topological polar surface area (TPSA) is 80.5 Å². The molecule has 1 atom stereocenters. The Labute approximate surface area is 87.9 Å². The average molecular weight is 238 g/mol. The van der Waals surface area contributed by atoms with E-state index in [0.29, 0.717) is 12.3 Å². The zero-order chi connectivity index (χ0) is 10.8. The largest absolute Gasteiger partial charge is 0.323 e. The summed E-state index contributed by atoms with van der Waals surface area (Å²) in [5.41, 5.74) is 5.22. The normalized spacial score (nSPS) is 23.6. The second-order valence-electron chi connectivity index (χ2n) is 3.15. The minimum Gasteiger partial charge on any atom is -0.323 e. The first kappa shape index (κ1) is 11.8. The third kappa shape index (κ3) is 2.61. The van der Waals surface area contributed by atoms with Crippen molar-refractivity contribution in [2.45, 2.75) is 5.37 Å². The van der Waals surface area contributed by atoms with Gasteiger partial charge >= 0.3 is 0 Å². The van der Waals surface area contributed by atoms with Gasteiger partial charge in [0.05, 0.1) is 6.54 Å². The first-order valence-electron chi connectivity index (χ1n) is 4.23. The summed E-state index contributed by atoms with van der Waals surface area (Å²) < 4.78 is 22.7. The van der Waals surface area contributed by atoms with Crippen molar-refractivity contribution in [2.75, 3.05) is 30.9 Å². The maximum Gasteiger partial charge on any atom is 0.237 e. The molecule has 0 radical (unpaired) electrons. The van der Waals surface area contributed by atoms with Gasteiger partial charge < -0.3 is 10.6 Å². The van der Waals surface area contributed by atoms with Gasteiger partial charge in [0, 0.05) is 24.3 Å². The SMILES string of the molecule is CS(=O)(=O)C1CSCCN1C(=O)CN. The lowest BCUT2D eigenvalue weighted by Crippen LogP contribution is -2.51. The van der Waals surface area contributed by atoms with E-state index >= 15 is 0 Å². The van der Waals surface area contributed by atoms with Crippen molar-refractivity contribution in [1.82, 2.24) is 4.90 Å². The van der Waals surface area contributed by atoms with Crippen LogP contribution >= 0.6 is 11.8 Å². The molecule has 82 valence electrons. The van der Waals surface area contributed by atoms with Gasteiger partial charge in [-0.2, -0.15) is 11.8 Å². The first-order valence-corrected chi connectivity index (χ1v) is 7.34. The molecule has 0 spiro atoms. The van der Waals surface area contributed by atoms with Crippen LogP contribution < -0.4 is 5.73 Å². The monoisotopic (exact) mass is 238 g/mol. The van der Waals surface area contributed by atoms with Crippen molar-refractivity contribution in [3.8, 4) is 0 Å². The number of amides is 1. The summed E-state index contributed by atoms with van der Waals surface area (Å²) in [7, 11) is -3.20. The number of nitrogens with zero attached hydrogens (tertiary/aromatic N) is 1. The van der Waals surface area contributed by atoms with Crippen molar-refractivity contribution < 1.29 is 13.2 Å². The van der Waals surface area contributed by atoms with Crippen LogP contribution in [-0.4, -0.2) is 55.4 Å². The Kier molecular flexibility index (Phi) is 3.79. The summed E-state index contributed by atoms with van der Waals surface area (Å²) in [5.74, 6) is 0.934. The maximum atomic E-state index is 11.4. The number of carbonyl (C=O) groups is 1. The quantitative estimate of drug-likeness (QED) is 0.660. The van der Waals surface area contributed by atoms with Crippen LogP contribution in [0.4, 0.5) is 0 Å². The molecule has 0 aliphatic carbocycles. The van der Waals surface area contributed by atoms with Crippen molar-refractivity contribution in [3.63, 3.8) is 0 Å². The van der Waals surface area contributed by atoms with Crippen LogP contribution in [0.2, 0.25) is 0 Å². The molecule has 0 bridgehead atoms. The average Bonchev–Trinajstić information content (AvgIpc) is 2.15. The summed E-state index contributed by atoms with van der Waals surface area (Å²) in [4.78, 5) is 12.7. The van der Waals surface area contributed by atoms with Gasteiger partial charge in [0.15, 0.2) is 9.84 Å². The van der Waals surface area contributed by atoms with Crippen LogP contribution in [0.1, 0.15) is 0 Å².